The molecule has 0 fully saturated rings. The Bertz CT molecular complexity index is 1780. The van der Waals surface area contributed by atoms with Gasteiger partial charge in [0.25, 0.3) is 5.19 Å². The minimum Gasteiger partial charge on any atom is -0.465 e. The van der Waals surface area contributed by atoms with Crippen LogP contribution in [-0.2, 0) is 29.0 Å². The Morgan fingerprint density at radius 2 is 1.83 bits per heavy atom. The van der Waals surface area contributed by atoms with Crippen LogP contribution in [0, 0.1) is 23.0 Å². The standard InChI is InChI=1S/C29H23F2N5O4S/c1-38-10-9-36-25-13-20(28(37)39-2)7-8-24(25)33-26(36)14-18-5-6-19(12-23(18)31)27-34-29(41-35-27)40-16-21-4-3-17(15-32)11-22(21)30/h3-8,11-13H,9-10,14,16H2,1-2H3. The summed E-state index contributed by atoms with van der Waals surface area (Å²) in [6, 6.07) is 15.8. The van der Waals surface area contributed by atoms with Gasteiger partial charge in [-0.05, 0) is 42.0 Å². The number of benzene rings is 3. The minimum absolute atomic E-state index is 0.0926. The number of halogens is 2. The molecule has 41 heavy (non-hydrogen) atoms. The van der Waals surface area contributed by atoms with Crippen LogP contribution in [0.1, 0.15) is 32.9 Å². The summed E-state index contributed by atoms with van der Waals surface area (Å²) in [5, 5.41) is 9.08. The summed E-state index contributed by atoms with van der Waals surface area (Å²) in [7, 11) is 2.91. The number of aromatic nitrogens is 4. The monoisotopic (exact) mass is 575 g/mol. The Morgan fingerprint density at radius 1 is 1.02 bits per heavy atom. The van der Waals surface area contributed by atoms with Crippen molar-refractivity contribution >= 4 is 28.5 Å². The Hall–Kier alpha value is -4.73. The summed E-state index contributed by atoms with van der Waals surface area (Å²) in [6.45, 7) is 0.773. The second-order valence-electron chi connectivity index (χ2n) is 8.94. The summed E-state index contributed by atoms with van der Waals surface area (Å²) in [4.78, 5) is 21.0. The highest BCUT2D eigenvalue weighted by atomic mass is 32.1. The number of fused-ring (bicyclic) bond motifs is 1. The van der Waals surface area contributed by atoms with E-state index in [2.05, 4.69) is 14.3 Å². The Balaban J connectivity index is 1.34. The molecule has 2 aromatic heterocycles. The Labute approximate surface area is 237 Å². The second kappa shape index (κ2) is 12.2. The molecule has 0 saturated carbocycles. The number of hydrogen-bond acceptors (Lipinski definition) is 9. The summed E-state index contributed by atoms with van der Waals surface area (Å²) in [5.41, 5.74) is 3.14. The van der Waals surface area contributed by atoms with E-state index in [1.165, 1.54) is 25.3 Å². The van der Waals surface area contributed by atoms with E-state index in [9.17, 15) is 9.18 Å². The van der Waals surface area contributed by atoms with Crippen LogP contribution in [0.2, 0.25) is 0 Å². The summed E-state index contributed by atoms with van der Waals surface area (Å²) >= 11 is 0.968. The van der Waals surface area contributed by atoms with Gasteiger partial charge in [0, 0.05) is 42.7 Å². The highest BCUT2D eigenvalue weighted by Crippen LogP contribution is 2.27. The number of carbonyl (C=O) groups is 1. The molecule has 0 amide bonds. The molecular formula is C29H23F2N5O4S. The summed E-state index contributed by atoms with van der Waals surface area (Å²) in [5.74, 6) is -0.576. The number of carbonyl (C=O) groups excluding carboxylic acids is 1. The van der Waals surface area contributed by atoms with Gasteiger partial charge in [-0.3, -0.25) is 0 Å². The fourth-order valence-electron chi connectivity index (χ4n) is 4.24. The normalized spacial score (nSPS) is 11.0. The highest BCUT2D eigenvalue weighted by molar-refractivity contribution is 7.07. The molecule has 12 heteroatoms. The van der Waals surface area contributed by atoms with Crippen LogP contribution in [0.5, 0.6) is 5.19 Å². The van der Waals surface area contributed by atoms with Crippen LogP contribution in [0.4, 0.5) is 8.78 Å². The molecule has 0 saturated heterocycles. The third-order valence-corrected chi connectivity index (χ3v) is 7.00. The van der Waals surface area contributed by atoms with Crippen LogP contribution in [-0.4, -0.2) is 45.7 Å². The number of ether oxygens (including phenoxy) is 3. The van der Waals surface area contributed by atoms with E-state index in [1.807, 2.05) is 10.6 Å². The van der Waals surface area contributed by atoms with Gasteiger partial charge in [-0.2, -0.15) is 14.6 Å². The lowest BCUT2D eigenvalue weighted by molar-refractivity contribution is 0.0601. The summed E-state index contributed by atoms with van der Waals surface area (Å²) in [6.07, 6.45) is 0.201. The maximum Gasteiger partial charge on any atom is 0.337 e. The topological polar surface area (TPSA) is 112 Å². The zero-order valence-electron chi connectivity index (χ0n) is 22.1. The van der Waals surface area contributed by atoms with Crippen molar-refractivity contribution in [1.82, 2.24) is 18.9 Å². The van der Waals surface area contributed by atoms with Crippen molar-refractivity contribution in [3.63, 3.8) is 0 Å². The van der Waals surface area contributed by atoms with Crippen molar-refractivity contribution in [3.8, 4) is 22.7 Å². The Kier molecular flexibility index (Phi) is 8.28. The molecule has 0 atom stereocenters. The van der Waals surface area contributed by atoms with Crippen LogP contribution in [0.15, 0.2) is 54.6 Å². The predicted octanol–water partition coefficient (Wildman–Crippen LogP) is 5.31. The zero-order valence-corrected chi connectivity index (χ0v) is 22.9. The number of methoxy groups -OCH3 is 2. The smallest absolute Gasteiger partial charge is 0.337 e. The maximum atomic E-state index is 15.3. The molecule has 9 nitrogen and oxygen atoms in total. The fraction of sp³-hybridized carbons (Fsp3) is 0.207. The van der Waals surface area contributed by atoms with Gasteiger partial charge in [-0.1, -0.05) is 18.2 Å². The first-order valence-electron chi connectivity index (χ1n) is 12.4. The molecule has 0 N–H and O–H groups in total. The van der Waals surface area contributed by atoms with Gasteiger partial charge in [0.1, 0.15) is 24.1 Å². The van der Waals surface area contributed by atoms with Crippen molar-refractivity contribution in [2.24, 2.45) is 0 Å². The van der Waals surface area contributed by atoms with Crippen LogP contribution < -0.4 is 4.74 Å². The average Bonchev–Trinajstić information content (AvgIpc) is 3.60. The number of hydrogen-bond donors (Lipinski definition) is 0. The predicted molar refractivity (Wildman–Crippen MR) is 147 cm³/mol. The van der Waals surface area contributed by atoms with Crippen molar-refractivity contribution in [2.45, 2.75) is 19.6 Å². The van der Waals surface area contributed by atoms with Gasteiger partial charge in [0.15, 0.2) is 5.82 Å². The number of rotatable bonds is 10. The molecule has 3 aromatic carbocycles. The van der Waals surface area contributed by atoms with Gasteiger partial charge in [0.05, 0.1) is 41.9 Å². The first-order chi connectivity index (χ1) is 19.9. The van der Waals surface area contributed by atoms with Crippen molar-refractivity contribution in [2.75, 3.05) is 20.8 Å². The van der Waals surface area contributed by atoms with Crippen molar-refractivity contribution in [3.05, 3.63) is 94.3 Å². The minimum atomic E-state index is -0.550. The molecule has 208 valence electrons. The molecule has 0 unspecified atom stereocenters. The Morgan fingerprint density at radius 3 is 2.56 bits per heavy atom. The van der Waals surface area contributed by atoms with E-state index in [-0.39, 0.29) is 35.2 Å². The van der Waals surface area contributed by atoms with E-state index < -0.39 is 17.6 Å². The molecule has 2 heterocycles. The molecular weight excluding hydrogens is 552 g/mol. The van der Waals surface area contributed by atoms with Gasteiger partial charge in [0.2, 0.25) is 0 Å². The lowest BCUT2D eigenvalue weighted by Crippen LogP contribution is -2.10. The number of esters is 1. The van der Waals surface area contributed by atoms with E-state index in [0.717, 1.165) is 23.1 Å². The molecule has 5 rings (SSSR count). The van der Waals surface area contributed by atoms with Crippen LogP contribution >= 0.6 is 11.5 Å². The number of imidazole rings is 1. The van der Waals surface area contributed by atoms with E-state index in [0.29, 0.717) is 41.2 Å². The molecule has 0 bridgehead atoms. The van der Waals surface area contributed by atoms with E-state index in [4.69, 9.17) is 19.5 Å². The zero-order chi connectivity index (χ0) is 28.9. The highest BCUT2D eigenvalue weighted by Gasteiger charge is 2.17. The van der Waals surface area contributed by atoms with Crippen LogP contribution in [0.25, 0.3) is 22.4 Å². The largest absolute Gasteiger partial charge is 0.465 e. The maximum absolute atomic E-state index is 15.3. The molecule has 5 aromatic rings. The van der Waals surface area contributed by atoms with Gasteiger partial charge < -0.3 is 18.8 Å². The second-order valence-corrected chi connectivity index (χ2v) is 9.66. The van der Waals surface area contributed by atoms with Gasteiger partial charge in [-0.25, -0.2) is 18.6 Å². The van der Waals surface area contributed by atoms with Gasteiger partial charge >= 0.3 is 5.97 Å². The van der Waals surface area contributed by atoms with Crippen molar-refractivity contribution < 1.29 is 27.8 Å². The summed E-state index contributed by atoms with van der Waals surface area (Å²) < 4.78 is 51.2. The average molecular weight is 576 g/mol. The molecule has 0 radical (unpaired) electrons. The fourth-order valence-corrected chi connectivity index (χ4v) is 4.79. The number of nitrogens with zero attached hydrogens (tertiary/aromatic N) is 5. The van der Waals surface area contributed by atoms with E-state index in [1.54, 1.807) is 37.4 Å². The first-order valence-corrected chi connectivity index (χ1v) is 13.2. The molecule has 0 aliphatic heterocycles. The molecule has 0 spiro atoms. The third kappa shape index (κ3) is 6.06. The molecule has 0 aliphatic carbocycles. The van der Waals surface area contributed by atoms with Crippen molar-refractivity contribution in [1.29, 1.82) is 5.26 Å². The van der Waals surface area contributed by atoms with Gasteiger partial charge in [-0.15, -0.1) is 0 Å². The third-order valence-electron chi connectivity index (χ3n) is 6.37. The molecule has 0 aliphatic rings. The SMILES string of the molecule is COCCn1c(Cc2ccc(-c3nsc(OCc4ccc(C#N)cc4F)n3)cc2F)nc2ccc(C(=O)OC)cc21. The lowest BCUT2D eigenvalue weighted by Gasteiger charge is -2.10. The van der Waals surface area contributed by atoms with E-state index >= 15 is 4.39 Å². The first kappa shape index (κ1) is 27.8. The van der Waals surface area contributed by atoms with Crippen LogP contribution in [0.3, 0.4) is 0 Å². The number of nitriles is 1. The lowest BCUT2D eigenvalue weighted by atomic mass is 10.1. The quantitative estimate of drug-likeness (QED) is 0.206.